The van der Waals surface area contributed by atoms with Crippen LogP contribution in [-0.4, -0.2) is 22.6 Å². The molecule has 0 aliphatic heterocycles. The van der Waals surface area contributed by atoms with Crippen LogP contribution in [0.4, 0.5) is 4.39 Å². The third-order valence-corrected chi connectivity index (χ3v) is 2.48. The standard InChI is InChI=1S/C11H11FN2O2/c12-6-1-2-7-8(3-4-13)10(11(15)16)14-9(7)5-6/h1-2,5,14H,3-4,13H2,(H,15,16). The molecule has 0 saturated carbocycles. The van der Waals surface area contributed by atoms with Crippen LogP contribution in [0.15, 0.2) is 18.2 Å². The number of halogens is 1. The summed E-state index contributed by atoms with van der Waals surface area (Å²) in [6.07, 6.45) is 0.452. The summed E-state index contributed by atoms with van der Waals surface area (Å²) in [6.45, 7) is 0.352. The minimum absolute atomic E-state index is 0.0889. The Labute approximate surface area is 90.9 Å². The van der Waals surface area contributed by atoms with E-state index in [1.54, 1.807) is 6.07 Å². The Balaban J connectivity index is 2.70. The van der Waals surface area contributed by atoms with E-state index < -0.39 is 11.8 Å². The third-order valence-electron chi connectivity index (χ3n) is 2.48. The first kappa shape index (κ1) is 10.6. The average Bonchev–Trinajstić information content (AvgIpc) is 2.57. The number of rotatable bonds is 3. The molecule has 0 fully saturated rings. The van der Waals surface area contributed by atoms with E-state index >= 15 is 0 Å². The normalized spacial score (nSPS) is 10.9. The number of nitrogens with one attached hydrogen (secondary N) is 1. The number of aromatic amines is 1. The highest BCUT2D eigenvalue weighted by molar-refractivity contribution is 5.97. The molecule has 5 heteroatoms. The highest BCUT2D eigenvalue weighted by Gasteiger charge is 2.16. The molecule has 0 aliphatic carbocycles. The zero-order valence-corrected chi connectivity index (χ0v) is 8.46. The molecule has 0 saturated heterocycles. The maximum absolute atomic E-state index is 13.0. The van der Waals surface area contributed by atoms with Gasteiger partial charge in [0.1, 0.15) is 11.5 Å². The predicted octanol–water partition coefficient (Wildman–Crippen LogP) is 1.51. The maximum Gasteiger partial charge on any atom is 0.352 e. The van der Waals surface area contributed by atoms with Gasteiger partial charge in [0, 0.05) is 10.9 Å². The predicted molar refractivity (Wildman–Crippen MR) is 58.0 cm³/mol. The molecular formula is C11H11FN2O2. The Morgan fingerprint density at radius 1 is 1.50 bits per heavy atom. The molecular weight excluding hydrogens is 211 g/mol. The van der Waals surface area contributed by atoms with E-state index in [0.29, 0.717) is 29.4 Å². The number of aromatic nitrogens is 1. The Bertz CT molecular complexity index is 548. The highest BCUT2D eigenvalue weighted by atomic mass is 19.1. The first-order valence-electron chi connectivity index (χ1n) is 4.87. The molecule has 4 N–H and O–H groups in total. The van der Waals surface area contributed by atoms with E-state index in [0.717, 1.165) is 0 Å². The number of hydrogen-bond donors (Lipinski definition) is 3. The van der Waals surface area contributed by atoms with Crippen LogP contribution in [0.25, 0.3) is 10.9 Å². The third kappa shape index (κ3) is 1.65. The second-order valence-corrected chi connectivity index (χ2v) is 3.51. The van der Waals surface area contributed by atoms with E-state index in [-0.39, 0.29) is 5.69 Å². The number of carboxylic acid groups (broad SMARTS) is 1. The van der Waals surface area contributed by atoms with E-state index in [2.05, 4.69) is 4.98 Å². The summed E-state index contributed by atoms with van der Waals surface area (Å²) in [5.74, 6) is -1.45. The molecule has 0 unspecified atom stereocenters. The fraction of sp³-hybridized carbons (Fsp3) is 0.182. The molecule has 0 spiro atoms. The smallest absolute Gasteiger partial charge is 0.352 e. The van der Waals surface area contributed by atoms with Crippen LogP contribution in [0.1, 0.15) is 16.1 Å². The summed E-state index contributed by atoms with van der Waals surface area (Å²) >= 11 is 0. The van der Waals surface area contributed by atoms with E-state index in [4.69, 9.17) is 10.8 Å². The van der Waals surface area contributed by atoms with Crippen LogP contribution in [0, 0.1) is 5.82 Å². The SMILES string of the molecule is NCCc1c(C(=O)O)[nH]c2cc(F)ccc12. The summed E-state index contributed by atoms with van der Waals surface area (Å²) in [5, 5.41) is 9.71. The number of fused-ring (bicyclic) bond motifs is 1. The number of carboxylic acids is 1. The van der Waals surface area contributed by atoms with Gasteiger partial charge in [0.25, 0.3) is 0 Å². The van der Waals surface area contributed by atoms with Gasteiger partial charge in [-0.15, -0.1) is 0 Å². The number of hydrogen-bond acceptors (Lipinski definition) is 2. The molecule has 2 rings (SSSR count). The molecule has 2 aromatic rings. The van der Waals surface area contributed by atoms with Gasteiger partial charge in [0.05, 0.1) is 0 Å². The van der Waals surface area contributed by atoms with Gasteiger partial charge in [-0.1, -0.05) is 0 Å². The fourth-order valence-corrected chi connectivity index (χ4v) is 1.81. The van der Waals surface area contributed by atoms with E-state index in [9.17, 15) is 9.18 Å². The Kier molecular flexibility index (Phi) is 2.62. The second-order valence-electron chi connectivity index (χ2n) is 3.51. The molecule has 0 amide bonds. The van der Waals surface area contributed by atoms with Crippen molar-refractivity contribution in [3.63, 3.8) is 0 Å². The highest BCUT2D eigenvalue weighted by Crippen LogP contribution is 2.23. The molecule has 0 atom stereocenters. The monoisotopic (exact) mass is 222 g/mol. The lowest BCUT2D eigenvalue weighted by Crippen LogP contribution is -2.07. The molecule has 1 aromatic carbocycles. The quantitative estimate of drug-likeness (QED) is 0.736. The molecule has 84 valence electrons. The molecule has 4 nitrogen and oxygen atoms in total. The van der Waals surface area contributed by atoms with Gasteiger partial charge in [-0.25, -0.2) is 9.18 Å². The van der Waals surface area contributed by atoms with Gasteiger partial charge in [0.15, 0.2) is 0 Å². The van der Waals surface area contributed by atoms with Crippen molar-refractivity contribution >= 4 is 16.9 Å². The lowest BCUT2D eigenvalue weighted by molar-refractivity contribution is 0.0690. The van der Waals surface area contributed by atoms with Gasteiger partial charge >= 0.3 is 5.97 Å². The van der Waals surface area contributed by atoms with Crippen LogP contribution >= 0.6 is 0 Å². The topological polar surface area (TPSA) is 79.1 Å². The summed E-state index contributed by atoms with van der Waals surface area (Å²) in [6, 6.07) is 4.15. The minimum atomic E-state index is -1.06. The van der Waals surface area contributed by atoms with Gasteiger partial charge in [-0.3, -0.25) is 0 Å². The average molecular weight is 222 g/mol. The first-order chi connectivity index (χ1) is 7.63. The lowest BCUT2D eigenvalue weighted by Gasteiger charge is -1.98. The Morgan fingerprint density at radius 2 is 2.25 bits per heavy atom. The first-order valence-corrected chi connectivity index (χ1v) is 4.87. The van der Waals surface area contributed by atoms with Gasteiger partial charge in [0.2, 0.25) is 0 Å². The van der Waals surface area contributed by atoms with E-state index in [1.165, 1.54) is 12.1 Å². The summed E-state index contributed by atoms with van der Waals surface area (Å²) < 4.78 is 13.0. The molecule has 1 aromatic heterocycles. The molecule has 1 heterocycles. The largest absolute Gasteiger partial charge is 0.477 e. The van der Waals surface area contributed by atoms with Gasteiger partial charge < -0.3 is 15.8 Å². The molecule has 0 aliphatic rings. The maximum atomic E-state index is 13.0. The van der Waals surface area contributed by atoms with Crippen molar-refractivity contribution < 1.29 is 14.3 Å². The van der Waals surface area contributed by atoms with Gasteiger partial charge in [-0.2, -0.15) is 0 Å². The van der Waals surface area contributed by atoms with Gasteiger partial charge in [-0.05, 0) is 36.7 Å². The van der Waals surface area contributed by atoms with Crippen LogP contribution in [-0.2, 0) is 6.42 Å². The molecule has 16 heavy (non-hydrogen) atoms. The number of H-pyrrole nitrogens is 1. The number of aromatic carboxylic acids is 1. The van der Waals surface area contributed by atoms with Crippen molar-refractivity contribution in [1.29, 1.82) is 0 Å². The van der Waals surface area contributed by atoms with Crippen LogP contribution in [0.2, 0.25) is 0 Å². The van der Waals surface area contributed by atoms with E-state index in [1.807, 2.05) is 0 Å². The molecule has 0 radical (unpaired) electrons. The van der Waals surface area contributed by atoms with Crippen LogP contribution in [0.5, 0.6) is 0 Å². The lowest BCUT2D eigenvalue weighted by atomic mass is 10.1. The number of carbonyl (C=O) groups is 1. The Morgan fingerprint density at radius 3 is 2.88 bits per heavy atom. The van der Waals surface area contributed by atoms with Crippen LogP contribution in [0.3, 0.4) is 0 Å². The van der Waals surface area contributed by atoms with Crippen LogP contribution < -0.4 is 5.73 Å². The fourth-order valence-electron chi connectivity index (χ4n) is 1.81. The molecule has 0 bridgehead atoms. The zero-order chi connectivity index (χ0) is 11.7. The van der Waals surface area contributed by atoms with Crippen molar-refractivity contribution in [3.05, 3.63) is 35.3 Å². The van der Waals surface area contributed by atoms with Crippen molar-refractivity contribution in [2.24, 2.45) is 5.73 Å². The second kappa shape index (κ2) is 3.94. The number of benzene rings is 1. The zero-order valence-electron chi connectivity index (χ0n) is 8.46. The Hall–Kier alpha value is -1.88. The van der Waals surface area contributed by atoms with Crippen molar-refractivity contribution in [1.82, 2.24) is 4.98 Å². The summed E-state index contributed by atoms with van der Waals surface area (Å²) in [4.78, 5) is 13.7. The summed E-state index contributed by atoms with van der Waals surface area (Å²) in [5.41, 5.74) is 6.63. The minimum Gasteiger partial charge on any atom is -0.477 e. The van der Waals surface area contributed by atoms with Crippen molar-refractivity contribution in [3.8, 4) is 0 Å². The van der Waals surface area contributed by atoms with Crippen molar-refractivity contribution in [2.75, 3.05) is 6.54 Å². The summed E-state index contributed by atoms with van der Waals surface area (Å²) in [7, 11) is 0. The number of nitrogens with two attached hydrogens (primary N) is 1. The van der Waals surface area contributed by atoms with Crippen molar-refractivity contribution in [2.45, 2.75) is 6.42 Å².